The normalized spacial score (nSPS) is 21.7. The largest absolute Gasteiger partial charge is 0.380 e. The van der Waals surface area contributed by atoms with Gasteiger partial charge in [0.15, 0.2) is 0 Å². The number of rotatable bonds is 7. The molecule has 2 heterocycles. The van der Waals surface area contributed by atoms with Crippen LogP contribution in [0.1, 0.15) is 32.0 Å². The lowest BCUT2D eigenvalue weighted by Crippen LogP contribution is -2.39. The summed E-state index contributed by atoms with van der Waals surface area (Å²) in [6.45, 7) is 7.81. The SMILES string of the molecule is CCNC(c1ccc(F)cn1)C(C)CN(C)C1CCOC1. The van der Waals surface area contributed by atoms with E-state index in [4.69, 9.17) is 4.74 Å². The number of aromatic nitrogens is 1. The minimum atomic E-state index is -0.290. The minimum Gasteiger partial charge on any atom is -0.380 e. The molecule has 1 N–H and O–H groups in total. The smallest absolute Gasteiger partial charge is 0.141 e. The Hall–Kier alpha value is -1.04. The summed E-state index contributed by atoms with van der Waals surface area (Å²) in [5.74, 6) is 0.0929. The van der Waals surface area contributed by atoms with Gasteiger partial charge in [0.05, 0.1) is 24.5 Å². The van der Waals surface area contributed by atoms with Gasteiger partial charge in [-0.05, 0) is 38.1 Å². The van der Waals surface area contributed by atoms with Crippen LogP contribution in [0.2, 0.25) is 0 Å². The molecule has 0 saturated carbocycles. The summed E-state index contributed by atoms with van der Waals surface area (Å²) in [5, 5.41) is 3.47. The first-order chi connectivity index (χ1) is 10.1. The average Bonchev–Trinajstić information content (AvgIpc) is 3.00. The van der Waals surface area contributed by atoms with Crippen molar-refractivity contribution in [2.45, 2.75) is 32.4 Å². The molecule has 2 rings (SSSR count). The van der Waals surface area contributed by atoms with Gasteiger partial charge in [-0.15, -0.1) is 0 Å². The van der Waals surface area contributed by atoms with E-state index >= 15 is 0 Å². The van der Waals surface area contributed by atoms with Gasteiger partial charge in [-0.25, -0.2) is 4.39 Å². The monoisotopic (exact) mass is 295 g/mol. The summed E-state index contributed by atoms with van der Waals surface area (Å²) in [6, 6.07) is 3.91. The van der Waals surface area contributed by atoms with Crippen LogP contribution in [-0.4, -0.2) is 49.3 Å². The number of pyridine rings is 1. The molecule has 3 unspecified atom stereocenters. The van der Waals surface area contributed by atoms with E-state index in [1.165, 1.54) is 12.3 Å². The van der Waals surface area contributed by atoms with Gasteiger partial charge in [0.2, 0.25) is 0 Å². The number of likely N-dealkylation sites (N-methyl/N-ethyl adjacent to an activating group) is 1. The molecule has 0 radical (unpaired) electrons. The summed E-state index contributed by atoms with van der Waals surface area (Å²) < 4.78 is 18.5. The van der Waals surface area contributed by atoms with Crippen molar-refractivity contribution >= 4 is 0 Å². The van der Waals surface area contributed by atoms with Crippen LogP contribution in [0.3, 0.4) is 0 Å². The number of ether oxygens (including phenoxy) is 1. The molecule has 1 aromatic rings. The van der Waals surface area contributed by atoms with E-state index in [1.54, 1.807) is 6.07 Å². The molecule has 3 atom stereocenters. The first-order valence-electron chi connectivity index (χ1n) is 7.74. The molecule has 21 heavy (non-hydrogen) atoms. The summed E-state index contributed by atoms with van der Waals surface area (Å²) in [5.41, 5.74) is 0.904. The van der Waals surface area contributed by atoms with Gasteiger partial charge in [0.1, 0.15) is 5.82 Å². The van der Waals surface area contributed by atoms with E-state index in [0.717, 1.165) is 38.4 Å². The molecule has 1 aromatic heterocycles. The Labute approximate surface area is 126 Å². The maximum absolute atomic E-state index is 13.0. The molecule has 1 fully saturated rings. The van der Waals surface area contributed by atoms with Crippen molar-refractivity contribution in [3.63, 3.8) is 0 Å². The highest BCUT2D eigenvalue weighted by molar-refractivity contribution is 5.11. The number of hydrogen-bond donors (Lipinski definition) is 1. The zero-order chi connectivity index (χ0) is 15.2. The Morgan fingerprint density at radius 3 is 2.90 bits per heavy atom. The highest BCUT2D eigenvalue weighted by atomic mass is 19.1. The zero-order valence-electron chi connectivity index (χ0n) is 13.2. The van der Waals surface area contributed by atoms with Gasteiger partial charge < -0.3 is 15.0 Å². The topological polar surface area (TPSA) is 37.4 Å². The molecule has 0 spiro atoms. The fourth-order valence-corrected chi connectivity index (χ4v) is 2.97. The van der Waals surface area contributed by atoms with Crippen LogP contribution in [0.15, 0.2) is 18.3 Å². The van der Waals surface area contributed by atoms with E-state index in [2.05, 4.69) is 36.1 Å². The lowest BCUT2D eigenvalue weighted by molar-refractivity contribution is 0.144. The van der Waals surface area contributed by atoms with E-state index in [9.17, 15) is 4.39 Å². The molecule has 5 heteroatoms. The van der Waals surface area contributed by atoms with Crippen molar-refractivity contribution in [1.29, 1.82) is 0 Å². The fraction of sp³-hybridized carbons (Fsp3) is 0.688. The molecule has 1 aliphatic heterocycles. The maximum Gasteiger partial charge on any atom is 0.141 e. The first-order valence-corrected chi connectivity index (χ1v) is 7.74. The third-order valence-electron chi connectivity index (χ3n) is 4.17. The van der Waals surface area contributed by atoms with Crippen LogP contribution in [0.4, 0.5) is 4.39 Å². The predicted molar refractivity (Wildman–Crippen MR) is 81.6 cm³/mol. The predicted octanol–water partition coefficient (Wildman–Crippen LogP) is 2.23. The standard InChI is InChI=1S/C16H26FN3O/c1-4-18-16(15-6-5-13(17)9-19-15)12(2)10-20(3)14-7-8-21-11-14/h5-6,9,12,14,16,18H,4,7-8,10-11H2,1-3H3. The van der Waals surface area contributed by atoms with Crippen molar-refractivity contribution in [3.05, 3.63) is 29.8 Å². The van der Waals surface area contributed by atoms with Crippen LogP contribution in [0.25, 0.3) is 0 Å². The molecule has 0 aliphatic carbocycles. The number of halogens is 1. The van der Waals surface area contributed by atoms with E-state index in [1.807, 2.05) is 0 Å². The third kappa shape index (κ3) is 4.46. The molecular weight excluding hydrogens is 269 g/mol. The van der Waals surface area contributed by atoms with Gasteiger partial charge in [-0.1, -0.05) is 13.8 Å². The molecule has 1 saturated heterocycles. The molecule has 0 aromatic carbocycles. The van der Waals surface area contributed by atoms with Crippen molar-refractivity contribution in [1.82, 2.24) is 15.2 Å². The van der Waals surface area contributed by atoms with Gasteiger partial charge in [0.25, 0.3) is 0 Å². The van der Waals surface area contributed by atoms with Crippen LogP contribution in [-0.2, 0) is 4.74 Å². The van der Waals surface area contributed by atoms with Crippen LogP contribution in [0, 0.1) is 11.7 Å². The van der Waals surface area contributed by atoms with Crippen molar-refractivity contribution in [2.75, 3.05) is 33.4 Å². The summed E-state index contributed by atoms with van der Waals surface area (Å²) in [4.78, 5) is 6.61. The molecule has 0 bridgehead atoms. The molecular formula is C16H26FN3O. The van der Waals surface area contributed by atoms with Crippen LogP contribution >= 0.6 is 0 Å². The Morgan fingerprint density at radius 2 is 2.33 bits per heavy atom. The van der Waals surface area contributed by atoms with Gasteiger partial charge in [-0.2, -0.15) is 0 Å². The van der Waals surface area contributed by atoms with E-state index in [-0.39, 0.29) is 11.9 Å². The maximum atomic E-state index is 13.0. The van der Waals surface area contributed by atoms with Crippen LogP contribution in [0.5, 0.6) is 0 Å². The lowest BCUT2D eigenvalue weighted by atomic mass is 9.97. The number of nitrogens with zero attached hydrogens (tertiary/aromatic N) is 2. The fourth-order valence-electron chi connectivity index (χ4n) is 2.97. The second kappa shape index (κ2) is 7.82. The van der Waals surface area contributed by atoms with Crippen LogP contribution < -0.4 is 5.32 Å². The summed E-state index contributed by atoms with van der Waals surface area (Å²) in [7, 11) is 2.15. The van der Waals surface area contributed by atoms with Gasteiger partial charge >= 0.3 is 0 Å². The highest BCUT2D eigenvalue weighted by Crippen LogP contribution is 2.23. The summed E-state index contributed by atoms with van der Waals surface area (Å²) >= 11 is 0. The second-order valence-electron chi connectivity index (χ2n) is 5.87. The van der Waals surface area contributed by atoms with E-state index in [0.29, 0.717) is 12.0 Å². The average molecular weight is 295 g/mol. The Balaban J connectivity index is 2.00. The molecule has 118 valence electrons. The first kappa shape index (κ1) is 16.3. The quantitative estimate of drug-likeness (QED) is 0.837. The van der Waals surface area contributed by atoms with Crippen molar-refractivity contribution in [3.8, 4) is 0 Å². The second-order valence-corrected chi connectivity index (χ2v) is 5.87. The highest BCUT2D eigenvalue weighted by Gasteiger charge is 2.25. The molecule has 1 aliphatic rings. The van der Waals surface area contributed by atoms with Crippen molar-refractivity contribution in [2.24, 2.45) is 5.92 Å². The number of hydrogen-bond acceptors (Lipinski definition) is 4. The third-order valence-corrected chi connectivity index (χ3v) is 4.17. The van der Waals surface area contributed by atoms with Crippen molar-refractivity contribution < 1.29 is 9.13 Å². The Morgan fingerprint density at radius 1 is 1.52 bits per heavy atom. The van der Waals surface area contributed by atoms with Gasteiger partial charge in [-0.3, -0.25) is 4.98 Å². The Kier molecular flexibility index (Phi) is 6.08. The summed E-state index contributed by atoms with van der Waals surface area (Å²) in [6.07, 6.45) is 2.39. The van der Waals surface area contributed by atoms with E-state index < -0.39 is 0 Å². The molecule has 4 nitrogen and oxygen atoms in total. The molecule has 0 amide bonds. The Bertz CT molecular complexity index is 420. The number of nitrogens with one attached hydrogen (secondary N) is 1. The minimum absolute atomic E-state index is 0.139. The zero-order valence-corrected chi connectivity index (χ0v) is 13.2. The van der Waals surface area contributed by atoms with Gasteiger partial charge in [0, 0.05) is 19.2 Å². The lowest BCUT2D eigenvalue weighted by Gasteiger charge is -2.31.